The van der Waals surface area contributed by atoms with E-state index >= 15 is 0 Å². The Morgan fingerprint density at radius 1 is 1.38 bits per heavy atom. The van der Waals surface area contributed by atoms with E-state index in [0.717, 1.165) is 19.6 Å². The maximum atomic E-state index is 5.96. The van der Waals surface area contributed by atoms with Gasteiger partial charge in [0.05, 0.1) is 6.10 Å². The van der Waals surface area contributed by atoms with E-state index in [0.29, 0.717) is 24.1 Å². The average molecular weight is 228 g/mol. The molecule has 2 N–H and O–H groups in total. The maximum Gasteiger partial charge on any atom is 0.0703 e. The molecule has 0 bridgehead atoms. The van der Waals surface area contributed by atoms with Crippen LogP contribution in [0, 0.1) is 5.92 Å². The highest BCUT2D eigenvalue weighted by molar-refractivity contribution is 4.87. The molecule has 3 atom stereocenters. The number of nitrogens with two attached hydrogens (primary N) is 1. The summed E-state index contributed by atoms with van der Waals surface area (Å²) in [6.07, 6.45) is 3.93. The number of nitrogens with zero attached hydrogens (tertiary/aromatic N) is 1. The van der Waals surface area contributed by atoms with Gasteiger partial charge in [0.1, 0.15) is 0 Å². The second kappa shape index (κ2) is 6.58. The van der Waals surface area contributed by atoms with Crippen molar-refractivity contribution in [2.45, 2.75) is 58.2 Å². The summed E-state index contributed by atoms with van der Waals surface area (Å²) in [6, 6.07) is 1.05. The van der Waals surface area contributed by atoms with Gasteiger partial charge in [-0.25, -0.2) is 0 Å². The summed E-state index contributed by atoms with van der Waals surface area (Å²) < 4.78 is 5.65. The first-order chi connectivity index (χ1) is 7.65. The number of hydrogen-bond acceptors (Lipinski definition) is 3. The zero-order valence-electron chi connectivity index (χ0n) is 11.3. The predicted octanol–water partition coefficient (Wildman–Crippen LogP) is 1.86. The fourth-order valence-electron chi connectivity index (χ4n) is 3.03. The van der Waals surface area contributed by atoms with Crippen molar-refractivity contribution < 1.29 is 4.74 Å². The highest BCUT2D eigenvalue weighted by Crippen LogP contribution is 2.25. The lowest BCUT2D eigenvalue weighted by Gasteiger charge is -2.38. The Bertz CT molecular complexity index is 194. The highest BCUT2D eigenvalue weighted by Gasteiger charge is 2.33. The Hall–Kier alpha value is -0.120. The van der Waals surface area contributed by atoms with Gasteiger partial charge < -0.3 is 10.5 Å². The van der Waals surface area contributed by atoms with Gasteiger partial charge in [-0.15, -0.1) is 0 Å². The quantitative estimate of drug-likeness (QED) is 0.754. The maximum absolute atomic E-state index is 5.96. The van der Waals surface area contributed by atoms with E-state index in [1.807, 2.05) is 0 Å². The van der Waals surface area contributed by atoms with Crippen molar-refractivity contribution >= 4 is 0 Å². The summed E-state index contributed by atoms with van der Waals surface area (Å²) in [6.45, 7) is 8.36. The summed E-state index contributed by atoms with van der Waals surface area (Å²) in [4.78, 5) is 2.47. The number of hydrogen-bond donors (Lipinski definition) is 1. The molecule has 0 aromatic rings. The molecular formula is C13H28N2O. The molecule has 1 rings (SSSR count). The van der Waals surface area contributed by atoms with E-state index in [9.17, 15) is 0 Å². The summed E-state index contributed by atoms with van der Waals surface area (Å²) in [5.41, 5.74) is 5.96. The van der Waals surface area contributed by atoms with Crippen molar-refractivity contribution in [3.05, 3.63) is 0 Å². The number of likely N-dealkylation sites (N-methyl/N-ethyl adjacent to an activating group) is 1. The number of rotatable bonds is 6. The zero-order valence-corrected chi connectivity index (χ0v) is 11.3. The van der Waals surface area contributed by atoms with E-state index in [1.54, 1.807) is 0 Å². The third kappa shape index (κ3) is 2.96. The van der Waals surface area contributed by atoms with Crippen LogP contribution in [0.15, 0.2) is 0 Å². The molecule has 0 aromatic heterocycles. The van der Waals surface area contributed by atoms with Gasteiger partial charge in [-0.3, -0.25) is 4.90 Å². The molecule has 3 heteroatoms. The lowest BCUT2D eigenvalue weighted by molar-refractivity contribution is 0.0532. The first kappa shape index (κ1) is 13.9. The molecule has 1 heterocycles. The molecular weight excluding hydrogens is 200 g/mol. The minimum absolute atomic E-state index is 0.355. The van der Waals surface area contributed by atoms with E-state index < -0.39 is 0 Å². The average Bonchev–Trinajstić information content (AvgIpc) is 2.71. The van der Waals surface area contributed by atoms with Gasteiger partial charge in [-0.2, -0.15) is 0 Å². The largest absolute Gasteiger partial charge is 0.377 e. The molecule has 1 fully saturated rings. The van der Waals surface area contributed by atoms with Crippen LogP contribution >= 0.6 is 0 Å². The van der Waals surface area contributed by atoms with Crippen molar-refractivity contribution in [2.75, 3.05) is 20.2 Å². The summed E-state index contributed by atoms with van der Waals surface area (Å²) in [5, 5.41) is 0. The van der Waals surface area contributed by atoms with Gasteiger partial charge in [0.25, 0.3) is 0 Å². The van der Waals surface area contributed by atoms with Crippen molar-refractivity contribution in [3.8, 4) is 0 Å². The highest BCUT2D eigenvalue weighted by atomic mass is 16.5. The monoisotopic (exact) mass is 228 g/mol. The fourth-order valence-corrected chi connectivity index (χ4v) is 3.03. The normalized spacial score (nSPS) is 27.9. The van der Waals surface area contributed by atoms with Crippen LogP contribution in [-0.2, 0) is 4.74 Å². The van der Waals surface area contributed by atoms with E-state index in [4.69, 9.17) is 10.5 Å². The van der Waals surface area contributed by atoms with Gasteiger partial charge in [0, 0.05) is 25.2 Å². The van der Waals surface area contributed by atoms with Crippen LogP contribution in [0.3, 0.4) is 0 Å². The Morgan fingerprint density at radius 3 is 2.38 bits per heavy atom. The lowest BCUT2D eigenvalue weighted by Crippen LogP contribution is -2.50. The van der Waals surface area contributed by atoms with E-state index in [1.165, 1.54) is 12.8 Å². The Labute approximate surface area is 100 Å². The van der Waals surface area contributed by atoms with Gasteiger partial charge in [0.2, 0.25) is 0 Å². The van der Waals surface area contributed by atoms with Gasteiger partial charge >= 0.3 is 0 Å². The Kier molecular flexibility index (Phi) is 5.73. The van der Waals surface area contributed by atoms with Crippen LogP contribution in [0.2, 0.25) is 0 Å². The smallest absolute Gasteiger partial charge is 0.0703 e. The minimum atomic E-state index is 0.355. The topological polar surface area (TPSA) is 38.5 Å². The summed E-state index contributed by atoms with van der Waals surface area (Å²) in [7, 11) is 2.21. The molecule has 0 amide bonds. The standard InChI is InChI=1S/C13H28N2O/c1-5-11(6-2)13(9-14)15(4)12-7-8-16-10(12)3/h10-13H,5-9,14H2,1-4H3. The fraction of sp³-hybridized carbons (Fsp3) is 1.00. The Balaban J connectivity index is 2.63. The molecule has 3 unspecified atom stereocenters. The predicted molar refractivity (Wildman–Crippen MR) is 68.5 cm³/mol. The Morgan fingerprint density at radius 2 is 2.00 bits per heavy atom. The van der Waals surface area contributed by atoms with Crippen molar-refractivity contribution in [3.63, 3.8) is 0 Å². The van der Waals surface area contributed by atoms with E-state index in [2.05, 4.69) is 32.7 Å². The van der Waals surface area contributed by atoms with Crippen LogP contribution in [0.4, 0.5) is 0 Å². The van der Waals surface area contributed by atoms with Crippen LogP contribution in [0.5, 0.6) is 0 Å². The van der Waals surface area contributed by atoms with Crippen LogP contribution in [0.25, 0.3) is 0 Å². The molecule has 0 radical (unpaired) electrons. The molecule has 1 aliphatic heterocycles. The van der Waals surface area contributed by atoms with Gasteiger partial charge in [-0.1, -0.05) is 26.7 Å². The molecule has 96 valence electrons. The minimum Gasteiger partial charge on any atom is -0.377 e. The van der Waals surface area contributed by atoms with Gasteiger partial charge in [-0.05, 0) is 26.3 Å². The first-order valence-electron chi connectivity index (χ1n) is 6.69. The third-order valence-electron chi connectivity index (χ3n) is 4.22. The van der Waals surface area contributed by atoms with E-state index in [-0.39, 0.29) is 0 Å². The third-order valence-corrected chi connectivity index (χ3v) is 4.22. The molecule has 0 spiro atoms. The van der Waals surface area contributed by atoms with Crippen LogP contribution in [0.1, 0.15) is 40.0 Å². The second-order valence-corrected chi connectivity index (χ2v) is 4.98. The molecule has 0 saturated carbocycles. The SMILES string of the molecule is CCC(CC)C(CN)N(C)C1CCOC1C. The van der Waals surface area contributed by atoms with Crippen LogP contribution < -0.4 is 5.73 Å². The second-order valence-electron chi connectivity index (χ2n) is 4.98. The number of ether oxygens (including phenoxy) is 1. The molecule has 3 nitrogen and oxygen atoms in total. The lowest BCUT2D eigenvalue weighted by atomic mass is 9.91. The first-order valence-corrected chi connectivity index (χ1v) is 6.69. The summed E-state index contributed by atoms with van der Waals surface area (Å²) in [5.74, 6) is 0.711. The molecule has 1 aliphatic rings. The summed E-state index contributed by atoms with van der Waals surface area (Å²) >= 11 is 0. The molecule has 0 aromatic carbocycles. The molecule has 0 aliphatic carbocycles. The zero-order chi connectivity index (χ0) is 12.1. The van der Waals surface area contributed by atoms with Gasteiger partial charge in [0.15, 0.2) is 0 Å². The molecule has 1 saturated heterocycles. The molecule has 16 heavy (non-hydrogen) atoms. The van der Waals surface area contributed by atoms with Crippen molar-refractivity contribution in [2.24, 2.45) is 11.7 Å². The van der Waals surface area contributed by atoms with Crippen molar-refractivity contribution in [1.82, 2.24) is 4.90 Å². The van der Waals surface area contributed by atoms with Crippen LogP contribution in [-0.4, -0.2) is 43.3 Å². The van der Waals surface area contributed by atoms with Crippen molar-refractivity contribution in [1.29, 1.82) is 0 Å².